The summed E-state index contributed by atoms with van der Waals surface area (Å²) in [7, 11) is 0. The van der Waals surface area contributed by atoms with E-state index in [0.29, 0.717) is 23.0 Å². The zero-order valence-corrected chi connectivity index (χ0v) is 18.2. The third kappa shape index (κ3) is 4.24. The van der Waals surface area contributed by atoms with Crippen molar-refractivity contribution in [2.45, 2.75) is 38.5 Å². The number of carbonyl (C=O) groups excluding carboxylic acids is 1. The van der Waals surface area contributed by atoms with Crippen LogP contribution in [0.3, 0.4) is 0 Å². The quantitative estimate of drug-likeness (QED) is 0.436. The van der Waals surface area contributed by atoms with Gasteiger partial charge in [0.2, 0.25) is 0 Å². The molecule has 0 fully saturated rings. The number of carbonyl (C=O) groups is 1. The zero-order chi connectivity index (χ0) is 21.1. The fraction of sp³-hybridized carbons (Fsp3) is 0.240. The first-order valence-electron chi connectivity index (χ1n) is 10.1. The lowest BCUT2D eigenvalue weighted by Gasteiger charge is -2.25. The summed E-state index contributed by atoms with van der Waals surface area (Å²) >= 11 is 12.9. The number of nitrogens with zero attached hydrogens (tertiary/aromatic N) is 1. The molecule has 0 saturated heterocycles. The Hall–Kier alpha value is -2.33. The normalized spacial score (nSPS) is 18.8. The molecule has 0 bridgehead atoms. The van der Waals surface area contributed by atoms with E-state index in [2.05, 4.69) is 6.92 Å². The number of anilines is 1. The summed E-state index contributed by atoms with van der Waals surface area (Å²) in [6.07, 6.45) is 0.425. The van der Waals surface area contributed by atoms with Gasteiger partial charge in [-0.25, -0.2) is 0 Å². The molecule has 154 valence electrons. The molecule has 0 aromatic heterocycles. The van der Waals surface area contributed by atoms with E-state index >= 15 is 0 Å². The van der Waals surface area contributed by atoms with Gasteiger partial charge in [0.15, 0.2) is 0 Å². The molecule has 4 rings (SSSR count). The molecule has 2 unspecified atom stereocenters. The fourth-order valence-electron chi connectivity index (χ4n) is 3.88. The highest BCUT2D eigenvalue weighted by molar-refractivity contribution is 6.31. The second-order valence-corrected chi connectivity index (χ2v) is 8.27. The molecule has 0 N–H and O–H groups in total. The minimum absolute atomic E-state index is 0.0428. The van der Waals surface area contributed by atoms with Crippen molar-refractivity contribution in [3.05, 3.63) is 99.5 Å². The predicted octanol–water partition coefficient (Wildman–Crippen LogP) is 6.81. The van der Waals surface area contributed by atoms with Crippen molar-refractivity contribution >= 4 is 34.8 Å². The molecule has 1 amide bonds. The second-order valence-electron chi connectivity index (χ2n) is 7.43. The zero-order valence-electron chi connectivity index (χ0n) is 16.7. The summed E-state index contributed by atoms with van der Waals surface area (Å²) in [4.78, 5) is 15.4. The Morgan fingerprint density at radius 1 is 0.933 bits per heavy atom. The van der Waals surface area contributed by atoms with Crippen molar-refractivity contribution in [2.24, 2.45) is 0 Å². The van der Waals surface area contributed by atoms with Gasteiger partial charge in [-0.1, -0.05) is 85.1 Å². The lowest BCUT2D eigenvalue weighted by atomic mass is 9.99. The number of rotatable bonds is 5. The SMILES string of the molecule is CCCC1OC(c2ccccc2Cl)c2cc(Cl)ccc2N(Cc2ccccc2)C1=O. The maximum absolute atomic E-state index is 13.6. The van der Waals surface area contributed by atoms with E-state index in [-0.39, 0.29) is 5.91 Å². The average Bonchev–Trinajstić information content (AvgIpc) is 2.86. The first kappa shape index (κ1) is 20.9. The molecule has 0 spiro atoms. The van der Waals surface area contributed by atoms with Crippen molar-refractivity contribution in [1.29, 1.82) is 0 Å². The minimum Gasteiger partial charge on any atom is -0.356 e. The van der Waals surface area contributed by atoms with Gasteiger partial charge in [0, 0.05) is 21.2 Å². The lowest BCUT2D eigenvalue weighted by Crippen LogP contribution is -2.38. The molecular formula is C25H23Cl2NO2. The van der Waals surface area contributed by atoms with E-state index in [4.69, 9.17) is 27.9 Å². The highest BCUT2D eigenvalue weighted by Gasteiger charge is 2.36. The van der Waals surface area contributed by atoms with Gasteiger partial charge in [-0.2, -0.15) is 0 Å². The number of amides is 1. The van der Waals surface area contributed by atoms with Gasteiger partial charge in [0.1, 0.15) is 12.2 Å². The van der Waals surface area contributed by atoms with Crippen molar-refractivity contribution in [3.8, 4) is 0 Å². The number of hydrogen-bond donors (Lipinski definition) is 0. The Balaban J connectivity index is 1.87. The first-order valence-corrected chi connectivity index (χ1v) is 10.9. The molecule has 3 aromatic carbocycles. The van der Waals surface area contributed by atoms with Crippen molar-refractivity contribution in [3.63, 3.8) is 0 Å². The lowest BCUT2D eigenvalue weighted by molar-refractivity contribution is -0.132. The van der Waals surface area contributed by atoms with E-state index < -0.39 is 12.2 Å². The van der Waals surface area contributed by atoms with Crippen LogP contribution in [-0.4, -0.2) is 12.0 Å². The summed E-state index contributed by atoms with van der Waals surface area (Å²) < 4.78 is 6.45. The Morgan fingerprint density at radius 3 is 2.40 bits per heavy atom. The number of hydrogen-bond acceptors (Lipinski definition) is 2. The van der Waals surface area contributed by atoms with Gasteiger partial charge in [-0.15, -0.1) is 0 Å². The predicted molar refractivity (Wildman–Crippen MR) is 122 cm³/mol. The monoisotopic (exact) mass is 439 g/mol. The molecule has 5 heteroatoms. The third-order valence-electron chi connectivity index (χ3n) is 5.33. The van der Waals surface area contributed by atoms with E-state index in [0.717, 1.165) is 28.8 Å². The van der Waals surface area contributed by atoms with Crippen LogP contribution in [0, 0.1) is 0 Å². The van der Waals surface area contributed by atoms with Crippen LogP contribution >= 0.6 is 23.2 Å². The smallest absolute Gasteiger partial charge is 0.256 e. The van der Waals surface area contributed by atoms with Crippen LogP contribution in [0.1, 0.15) is 42.6 Å². The molecule has 3 nitrogen and oxygen atoms in total. The fourth-order valence-corrected chi connectivity index (χ4v) is 4.30. The molecule has 3 aromatic rings. The topological polar surface area (TPSA) is 29.5 Å². The van der Waals surface area contributed by atoms with Crippen molar-refractivity contribution in [1.82, 2.24) is 0 Å². The number of fused-ring (bicyclic) bond motifs is 1. The van der Waals surface area contributed by atoms with Gasteiger partial charge < -0.3 is 9.64 Å². The van der Waals surface area contributed by atoms with Gasteiger partial charge in [-0.05, 0) is 36.2 Å². The third-order valence-corrected chi connectivity index (χ3v) is 5.91. The van der Waals surface area contributed by atoms with Crippen LogP contribution in [0.25, 0.3) is 0 Å². The highest BCUT2D eigenvalue weighted by atomic mass is 35.5. The van der Waals surface area contributed by atoms with E-state index in [1.165, 1.54) is 0 Å². The molecule has 1 heterocycles. The molecule has 0 radical (unpaired) electrons. The summed E-state index contributed by atoms with van der Waals surface area (Å²) in [5.74, 6) is -0.0428. The maximum Gasteiger partial charge on any atom is 0.256 e. The standard InChI is InChI=1S/C25H23Cl2NO2/c1-2-8-23-25(29)28(16-17-9-4-3-5-10-17)22-14-13-18(26)15-20(22)24(30-23)19-11-6-7-12-21(19)27/h3-7,9-15,23-24H,2,8,16H2,1H3. The van der Waals surface area contributed by atoms with Crippen LogP contribution in [0.2, 0.25) is 10.0 Å². The summed E-state index contributed by atoms with van der Waals surface area (Å²) in [5.41, 5.74) is 3.53. The van der Waals surface area contributed by atoms with Crippen LogP contribution in [0.4, 0.5) is 5.69 Å². The van der Waals surface area contributed by atoms with Crippen molar-refractivity contribution in [2.75, 3.05) is 4.90 Å². The number of halogens is 2. The molecule has 1 aliphatic rings. The Bertz CT molecular complexity index is 1040. The second kappa shape index (κ2) is 9.22. The molecule has 1 aliphatic heterocycles. The molecule has 0 aliphatic carbocycles. The van der Waals surface area contributed by atoms with Gasteiger partial charge in [-0.3, -0.25) is 4.79 Å². The molecule has 0 saturated carbocycles. The molecular weight excluding hydrogens is 417 g/mol. The summed E-state index contributed by atoms with van der Waals surface area (Å²) in [6, 6.07) is 23.2. The summed E-state index contributed by atoms with van der Waals surface area (Å²) in [6.45, 7) is 2.52. The van der Waals surface area contributed by atoms with E-state index in [9.17, 15) is 4.79 Å². The van der Waals surface area contributed by atoms with Crippen LogP contribution in [0.5, 0.6) is 0 Å². The Kier molecular flexibility index (Phi) is 6.43. The molecule has 30 heavy (non-hydrogen) atoms. The van der Waals surface area contributed by atoms with E-state index in [1.54, 1.807) is 0 Å². The first-order chi connectivity index (χ1) is 14.6. The Morgan fingerprint density at radius 2 is 1.67 bits per heavy atom. The Labute approximate surface area is 187 Å². The van der Waals surface area contributed by atoms with Crippen molar-refractivity contribution < 1.29 is 9.53 Å². The minimum atomic E-state index is -0.564. The van der Waals surface area contributed by atoms with Gasteiger partial charge in [0.25, 0.3) is 5.91 Å². The average molecular weight is 440 g/mol. The molecule has 2 atom stereocenters. The summed E-state index contributed by atoms with van der Waals surface area (Å²) in [5, 5.41) is 1.20. The maximum atomic E-state index is 13.6. The van der Waals surface area contributed by atoms with Gasteiger partial charge >= 0.3 is 0 Å². The van der Waals surface area contributed by atoms with Crippen LogP contribution in [-0.2, 0) is 16.1 Å². The highest BCUT2D eigenvalue weighted by Crippen LogP contribution is 2.42. The number of ether oxygens (including phenoxy) is 1. The van der Waals surface area contributed by atoms with Gasteiger partial charge in [0.05, 0.1) is 12.2 Å². The number of benzene rings is 3. The largest absolute Gasteiger partial charge is 0.356 e. The van der Waals surface area contributed by atoms with Crippen LogP contribution in [0.15, 0.2) is 72.8 Å². The van der Waals surface area contributed by atoms with Crippen LogP contribution < -0.4 is 4.90 Å². The van der Waals surface area contributed by atoms with E-state index in [1.807, 2.05) is 77.7 Å².